The third-order valence-corrected chi connectivity index (χ3v) is 3.58. The molecule has 20 heavy (non-hydrogen) atoms. The molecule has 0 heterocycles. The van der Waals surface area contributed by atoms with Crippen LogP contribution >= 0.6 is 0 Å². The van der Waals surface area contributed by atoms with Gasteiger partial charge in [0.1, 0.15) is 6.10 Å². The van der Waals surface area contributed by atoms with Crippen LogP contribution in [0.3, 0.4) is 0 Å². The average molecular weight is 276 g/mol. The quantitative estimate of drug-likeness (QED) is 0.607. The Morgan fingerprint density at radius 1 is 1.15 bits per heavy atom. The van der Waals surface area contributed by atoms with Crippen molar-refractivity contribution in [3.8, 4) is 0 Å². The second-order valence-corrected chi connectivity index (χ2v) is 6.14. The Hall–Kier alpha value is -1.64. The summed E-state index contributed by atoms with van der Waals surface area (Å²) in [5.74, 6) is -0.272. The Kier molecular flexibility index (Phi) is 5.09. The molecule has 3 heteroatoms. The van der Waals surface area contributed by atoms with E-state index in [9.17, 15) is 9.59 Å². The lowest BCUT2D eigenvalue weighted by molar-refractivity contribution is -0.153. The summed E-state index contributed by atoms with van der Waals surface area (Å²) in [6.45, 7) is 10.9. The molecular formula is C17H24O3. The zero-order valence-electron chi connectivity index (χ0n) is 13.2. The topological polar surface area (TPSA) is 43.4 Å². The van der Waals surface area contributed by atoms with Gasteiger partial charge in [0, 0.05) is 12.5 Å². The van der Waals surface area contributed by atoms with Crippen LogP contribution in [0.15, 0.2) is 24.3 Å². The zero-order chi connectivity index (χ0) is 15.5. The molecular weight excluding hydrogens is 252 g/mol. The van der Waals surface area contributed by atoms with Crippen molar-refractivity contribution >= 4 is 11.8 Å². The number of hydrogen-bond donors (Lipinski definition) is 0. The van der Waals surface area contributed by atoms with Gasteiger partial charge in [-0.15, -0.1) is 0 Å². The largest absolute Gasteiger partial charge is 0.461 e. The van der Waals surface area contributed by atoms with Crippen LogP contribution in [0.1, 0.15) is 50.5 Å². The molecule has 0 saturated heterocycles. The van der Waals surface area contributed by atoms with Crippen LogP contribution in [0.25, 0.3) is 0 Å². The van der Waals surface area contributed by atoms with Gasteiger partial charge in [-0.05, 0) is 32.3 Å². The monoisotopic (exact) mass is 276 g/mol. The highest BCUT2D eigenvalue weighted by Crippen LogP contribution is 2.33. The Bertz CT molecular complexity index is 501. The minimum absolute atomic E-state index is 0.00977. The van der Waals surface area contributed by atoms with Gasteiger partial charge in [0.15, 0.2) is 5.78 Å². The van der Waals surface area contributed by atoms with E-state index in [4.69, 9.17) is 4.74 Å². The molecule has 110 valence electrons. The Balaban J connectivity index is 3.16. The van der Waals surface area contributed by atoms with Gasteiger partial charge in [0.25, 0.3) is 0 Å². The molecule has 0 radical (unpaired) electrons. The molecule has 0 amide bonds. The number of rotatable bonds is 5. The van der Waals surface area contributed by atoms with Crippen molar-refractivity contribution < 1.29 is 14.3 Å². The Morgan fingerprint density at radius 2 is 1.70 bits per heavy atom. The summed E-state index contributed by atoms with van der Waals surface area (Å²) in [7, 11) is 0. The van der Waals surface area contributed by atoms with Gasteiger partial charge in [0.05, 0.1) is 5.41 Å². The number of esters is 1. The third-order valence-electron chi connectivity index (χ3n) is 3.58. The maximum Gasteiger partial charge on any atom is 0.302 e. The molecule has 0 aromatic heterocycles. The molecule has 0 aliphatic rings. The lowest BCUT2D eigenvalue weighted by Gasteiger charge is -2.35. The second kappa shape index (κ2) is 6.21. The van der Waals surface area contributed by atoms with Crippen LogP contribution in [-0.4, -0.2) is 17.9 Å². The molecule has 0 fully saturated rings. The minimum atomic E-state index is -0.758. The highest BCUT2D eigenvalue weighted by atomic mass is 16.5. The van der Waals surface area contributed by atoms with Crippen LogP contribution in [0.2, 0.25) is 0 Å². The van der Waals surface area contributed by atoms with Crippen molar-refractivity contribution in [3.63, 3.8) is 0 Å². The van der Waals surface area contributed by atoms with Gasteiger partial charge in [-0.3, -0.25) is 9.59 Å². The number of ether oxygens (including phenoxy) is 1. The lowest BCUT2D eigenvalue weighted by atomic mass is 9.74. The van der Waals surface area contributed by atoms with Crippen molar-refractivity contribution in [3.05, 3.63) is 35.4 Å². The first kappa shape index (κ1) is 16.4. The predicted molar refractivity (Wildman–Crippen MR) is 79.7 cm³/mol. The number of hydrogen-bond acceptors (Lipinski definition) is 3. The van der Waals surface area contributed by atoms with E-state index in [-0.39, 0.29) is 17.7 Å². The number of carbonyl (C=O) groups excluding carboxylic acids is 2. The number of Topliss-reactive ketones (excluding diaryl/α,β-unsaturated/α-hetero) is 1. The van der Waals surface area contributed by atoms with Gasteiger partial charge >= 0.3 is 5.97 Å². The van der Waals surface area contributed by atoms with Crippen molar-refractivity contribution in [2.45, 2.75) is 47.6 Å². The van der Waals surface area contributed by atoms with Crippen LogP contribution in [0.4, 0.5) is 0 Å². The van der Waals surface area contributed by atoms with E-state index in [1.165, 1.54) is 6.92 Å². The fourth-order valence-electron chi connectivity index (χ4n) is 2.60. The van der Waals surface area contributed by atoms with E-state index in [2.05, 4.69) is 0 Å². The first-order chi connectivity index (χ1) is 9.17. The van der Waals surface area contributed by atoms with Crippen LogP contribution in [0, 0.1) is 18.3 Å². The maximum atomic E-state index is 12.8. The molecule has 0 aliphatic heterocycles. The van der Waals surface area contributed by atoms with Crippen molar-refractivity contribution in [2.24, 2.45) is 11.3 Å². The van der Waals surface area contributed by atoms with E-state index in [1.54, 1.807) is 0 Å². The fraction of sp³-hybridized carbons (Fsp3) is 0.529. The van der Waals surface area contributed by atoms with Gasteiger partial charge in [-0.1, -0.05) is 38.1 Å². The van der Waals surface area contributed by atoms with E-state index < -0.39 is 11.5 Å². The van der Waals surface area contributed by atoms with E-state index >= 15 is 0 Å². The second-order valence-electron chi connectivity index (χ2n) is 6.14. The number of benzene rings is 1. The molecule has 1 atom stereocenters. The Morgan fingerprint density at radius 3 is 2.15 bits per heavy atom. The first-order valence-electron chi connectivity index (χ1n) is 6.95. The zero-order valence-corrected chi connectivity index (χ0v) is 13.2. The van der Waals surface area contributed by atoms with Gasteiger partial charge in [-0.2, -0.15) is 0 Å². The van der Waals surface area contributed by atoms with Crippen molar-refractivity contribution in [1.29, 1.82) is 0 Å². The van der Waals surface area contributed by atoms with E-state index in [0.29, 0.717) is 5.56 Å². The number of ketones is 1. The maximum absolute atomic E-state index is 12.8. The summed E-state index contributed by atoms with van der Waals surface area (Å²) in [4.78, 5) is 24.1. The van der Waals surface area contributed by atoms with Crippen molar-refractivity contribution in [2.75, 3.05) is 0 Å². The number of aryl methyl sites for hydroxylation is 1. The molecule has 0 spiro atoms. The molecule has 3 nitrogen and oxygen atoms in total. The summed E-state index contributed by atoms with van der Waals surface area (Å²) in [6.07, 6.45) is -0.438. The fourth-order valence-corrected chi connectivity index (χ4v) is 2.60. The molecule has 1 aromatic carbocycles. The smallest absolute Gasteiger partial charge is 0.302 e. The molecule has 1 rings (SSSR count). The molecule has 1 aromatic rings. The molecule has 0 aliphatic carbocycles. The normalized spacial score (nSPS) is 13.2. The van der Waals surface area contributed by atoms with E-state index in [1.807, 2.05) is 58.9 Å². The summed E-state index contributed by atoms with van der Waals surface area (Å²) in [5, 5.41) is 0. The molecule has 1 unspecified atom stereocenters. The summed E-state index contributed by atoms with van der Waals surface area (Å²) >= 11 is 0. The Labute approximate surface area is 121 Å². The molecule has 0 bridgehead atoms. The standard InChI is InChI=1S/C17H24O3/c1-11(2)16(20-13(4)18)17(5,6)15(19)14-10-8-7-9-12(14)3/h7-11,16H,1-6H3. The van der Waals surface area contributed by atoms with Gasteiger partial charge in [-0.25, -0.2) is 0 Å². The SMILES string of the molecule is CC(=O)OC(C(C)C)C(C)(C)C(=O)c1ccccc1C. The van der Waals surface area contributed by atoms with Crippen molar-refractivity contribution in [1.82, 2.24) is 0 Å². The van der Waals surface area contributed by atoms with Gasteiger partial charge in [0.2, 0.25) is 0 Å². The lowest BCUT2D eigenvalue weighted by Crippen LogP contribution is -2.43. The van der Waals surface area contributed by atoms with Crippen LogP contribution < -0.4 is 0 Å². The van der Waals surface area contributed by atoms with Crippen LogP contribution in [0.5, 0.6) is 0 Å². The molecule has 0 N–H and O–H groups in total. The van der Waals surface area contributed by atoms with Crippen LogP contribution in [-0.2, 0) is 9.53 Å². The first-order valence-corrected chi connectivity index (χ1v) is 6.95. The average Bonchev–Trinajstić information content (AvgIpc) is 2.35. The van der Waals surface area contributed by atoms with E-state index in [0.717, 1.165) is 5.56 Å². The summed E-state index contributed by atoms with van der Waals surface area (Å²) in [5.41, 5.74) is 0.873. The highest BCUT2D eigenvalue weighted by molar-refractivity contribution is 6.01. The predicted octanol–water partition coefficient (Wildman–Crippen LogP) is 3.79. The minimum Gasteiger partial charge on any atom is -0.461 e. The number of carbonyl (C=O) groups is 2. The third kappa shape index (κ3) is 3.47. The molecule has 0 saturated carbocycles. The highest BCUT2D eigenvalue weighted by Gasteiger charge is 2.41. The summed E-state index contributed by atoms with van der Waals surface area (Å²) < 4.78 is 5.40. The van der Waals surface area contributed by atoms with Gasteiger partial charge < -0.3 is 4.74 Å². The summed E-state index contributed by atoms with van der Waals surface area (Å²) in [6, 6.07) is 7.50.